The average molecular weight is 470 g/mol. The van der Waals surface area contributed by atoms with E-state index in [0.29, 0.717) is 31.9 Å². The van der Waals surface area contributed by atoms with Gasteiger partial charge in [0, 0.05) is 12.2 Å². The molecule has 3 aromatic rings. The molecule has 0 aliphatic carbocycles. The van der Waals surface area contributed by atoms with Gasteiger partial charge in [0.05, 0.1) is 25.2 Å². The molecular weight excluding hydrogens is 442 g/mol. The number of ether oxygens (including phenoxy) is 2. The van der Waals surface area contributed by atoms with Gasteiger partial charge < -0.3 is 20.1 Å². The molecule has 0 saturated heterocycles. The van der Waals surface area contributed by atoms with Crippen LogP contribution in [0.4, 0.5) is 10.5 Å². The molecule has 0 radical (unpaired) electrons. The molecule has 0 atom stereocenters. The van der Waals surface area contributed by atoms with E-state index in [0.717, 1.165) is 22.4 Å². The maximum absolute atomic E-state index is 12.2. The predicted molar refractivity (Wildman–Crippen MR) is 126 cm³/mol. The second kappa shape index (κ2) is 11.5. The molecule has 174 valence electrons. The summed E-state index contributed by atoms with van der Waals surface area (Å²) in [5, 5.41) is 10.7. The summed E-state index contributed by atoms with van der Waals surface area (Å²) in [7, 11) is -2.08. The topological polar surface area (TPSA) is 120 Å². The van der Waals surface area contributed by atoms with E-state index in [1.807, 2.05) is 42.5 Å². The lowest BCUT2D eigenvalue weighted by molar-refractivity contribution is 0.107. The standard InChI is InChI=1S/C24H27N3O5S/c1-31-22-9-5-19(6-10-22)16-32-17-20-3-2-4-21(15-20)27-24(28)26-14-13-18-7-11-23(12-8-18)33(25,29)30/h2-12,15H,13-14,16-17H2,1H3,(H2,25,29,30)(H2,26,27,28). The third-order valence-corrected chi connectivity index (χ3v) is 5.76. The predicted octanol–water partition coefficient (Wildman–Crippen LogP) is 3.42. The van der Waals surface area contributed by atoms with Gasteiger partial charge in [-0.1, -0.05) is 36.4 Å². The smallest absolute Gasteiger partial charge is 0.319 e. The number of urea groups is 1. The van der Waals surface area contributed by atoms with Crippen molar-refractivity contribution in [2.24, 2.45) is 5.14 Å². The Kier molecular flexibility index (Phi) is 8.42. The van der Waals surface area contributed by atoms with Crippen LogP contribution in [0, 0.1) is 0 Å². The van der Waals surface area contributed by atoms with Gasteiger partial charge in [0.1, 0.15) is 5.75 Å². The van der Waals surface area contributed by atoms with Crippen molar-refractivity contribution in [2.75, 3.05) is 19.0 Å². The van der Waals surface area contributed by atoms with Crippen LogP contribution in [0.5, 0.6) is 5.75 Å². The Morgan fingerprint density at radius 2 is 1.58 bits per heavy atom. The summed E-state index contributed by atoms with van der Waals surface area (Å²) in [6.07, 6.45) is 0.553. The highest BCUT2D eigenvalue weighted by molar-refractivity contribution is 7.89. The van der Waals surface area contributed by atoms with Crippen LogP contribution in [-0.4, -0.2) is 28.1 Å². The minimum atomic E-state index is -3.71. The Morgan fingerprint density at radius 3 is 2.24 bits per heavy atom. The third kappa shape index (κ3) is 7.90. The lowest BCUT2D eigenvalue weighted by Gasteiger charge is -2.10. The van der Waals surface area contributed by atoms with Crippen LogP contribution >= 0.6 is 0 Å². The van der Waals surface area contributed by atoms with Gasteiger partial charge >= 0.3 is 6.03 Å². The van der Waals surface area contributed by atoms with Crippen LogP contribution in [0.25, 0.3) is 0 Å². The molecule has 0 spiro atoms. The van der Waals surface area contributed by atoms with Crippen molar-refractivity contribution in [3.63, 3.8) is 0 Å². The maximum Gasteiger partial charge on any atom is 0.319 e. The largest absolute Gasteiger partial charge is 0.497 e. The highest BCUT2D eigenvalue weighted by Crippen LogP contribution is 2.15. The zero-order chi connectivity index (χ0) is 23.7. The molecule has 0 aliphatic rings. The molecule has 3 rings (SSSR count). The fourth-order valence-electron chi connectivity index (χ4n) is 3.09. The van der Waals surface area contributed by atoms with Gasteiger partial charge in [-0.3, -0.25) is 0 Å². The van der Waals surface area contributed by atoms with Crippen molar-refractivity contribution in [3.8, 4) is 5.75 Å². The van der Waals surface area contributed by atoms with E-state index in [4.69, 9.17) is 14.6 Å². The molecule has 3 aromatic carbocycles. The van der Waals surface area contributed by atoms with Crippen molar-refractivity contribution in [2.45, 2.75) is 24.5 Å². The number of nitrogens with two attached hydrogens (primary N) is 1. The highest BCUT2D eigenvalue weighted by Gasteiger charge is 2.07. The number of amides is 2. The number of anilines is 1. The minimum absolute atomic E-state index is 0.0600. The molecule has 9 heteroatoms. The number of primary sulfonamides is 1. The summed E-state index contributed by atoms with van der Waals surface area (Å²) < 4.78 is 33.5. The van der Waals surface area contributed by atoms with Gasteiger partial charge in [-0.2, -0.15) is 0 Å². The van der Waals surface area contributed by atoms with Gasteiger partial charge in [0.15, 0.2) is 0 Å². The first-order valence-electron chi connectivity index (χ1n) is 10.3. The molecule has 0 aromatic heterocycles. The second-order valence-electron chi connectivity index (χ2n) is 7.36. The number of carbonyl (C=O) groups is 1. The highest BCUT2D eigenvalue weighted by atomic mass is 32.2. The number of carbonyl (C=O) groups excluding carboxylic acids is 1. The number of methoxy groups -OCH3 is 1. The lowest BCUT2D eigenvalue weighted by Crippen LogP contribution is -2.30. The van der Waals surface area contributed by atoms with Gasteiger partial charge in [0.25, 0.3) is 0 Å². The molecule has 0 fully saturated rings. The van der Waals surface area contributed by atoms with Crippen molar-refractivity contribution in [1.29, 1.82) is 0 Å². The molecule has 0 bridgehead atoms. The number of rotatable bonds is 10. The summed E-state index contributed by atoms with van der Waals surface area (Å²) in [5.74, 6) is 0.802. The summed E-state index contributed by atoms with van der Waals surface area (Å²) in [4.78, 5) is 12.3. The van der Waals surface area contributed by atoms with Crippen LogP contribution in [0.15, 0.2) is 77.7 Å². The Balaban J connectivity index is 1.42. The van der Waals surface area contributed by atoms with Crippen molar-refractivity contribution in [1.82, 2.24) is 5.32 Å². The number of nitrogens with one attached hydrogen (secondary N) is 2. The zero-order valence-corrected chi connectivity index (χ0v) is 19.1. The molecule has 0 heterocycles. The summed E-state index contributed by atoms with van der Waals surface area (Å²) in [6.45, 7) is 1.28. The number of benzene rings is 3. The monoisotopic (exact) mass is 469 g/mol. The molecule has 2 amide bonds. The van der Waals surface area contributed by atoms with Gasteiger partial charge in [0.2, 0.25) is 10.0 Å². The summed E-state index contributed by atoms with van der Waals surface area (Å²) in [6, 6.07) is 21.1. The van der Waals surface area contributed by atoms with Crippen molar-refractivity contribution < 1.29 is 22.7 Å². The number of sulfonamides is 1. The molecule has 0 unspecified atom stereocenters. The second-order valence-corrected chi connectivity index (χ2v) is 8.92. The normalized spacial score (nSPS) is 11.1. The summed E-state index contributed by atoms with van der Waals surface area (Å²) in [5.41, 5.74) is 3.54. The number of hydrogen-bond donors (Lipinski definition) is 3. The van der Waals surface area contributed by atoms with E-state index in [-0.39, 0.29) is 10.9 Å². The van der Waals surface area contributed by atoms with Crippen LogP contribution in [-0.2, 0) is 34.4 Å². The van der Waals surface area contributed by atoms with Crippen LogP contribution in [0.1, 0.15) is 16.7 Å². The van der Waals surface area contributed by atoms with E-state index in [2.05, 4.69) is 10.6 Å². The van der Waals surface area contributed by atoms with E-state index in [9.17, 15) is 13.2 Å². The molecule has 0 aliphatic heterocycles. The zero-order valence-electron chi connectivity index (χ0n) is 18.3. The van der Waals surface area contributed by atoms with Gasteiger partial charge in [-0.05, 0) is 59.5 Å². The first-order chi connectivity index (χ1) is 15.8. The first-order valence-corrected chi connectivity index (χ1v) is 11.8. The van der Waals surface area contributed by atoms with Gasteiger partial charge in [-0.15, -0.1) is 0 Å². The molecular formula is C24H27N3O5S. The maximum atomic E-state index is 12.2. The lowest BCUT2D eigenvalue weighted by atomic mass is 10.1. The van der Waals surface area contributed by atoms with Crippen molar-refractivity contribution in [3.05, 3.63) is 89.5 Å². The Bertz CT molecular complexity index is 1160. The van der Waals surface area contributed by atoms with Gasteiger partial charge in [-0.25, -0.2) is 18.4 Å². The van der Waals surface area contributed by atoms with E-state index in [1.54, 1.807) is 25.3 Å². The Hall–Kier alpha value is -3.40. The van der Waals surface area contributed by atoms with Crippen LogP contribution in [0.2, 0.25) is 0 Å². The molecule has 8 nitrogen and oxygen atoms in total. The third-order valence-electron chi connectivity index (χ3n) is 4.83. The molecule has 0 saturated carbocycles. The molecule has 4 N–H and O–H groups in total. The fourth-order valence-corrected chi connectivity index (χ4v) is 3.60. The van der Waals surface area contributed by atoms with E-state index in [1.165, 1.54) is 12.1 Å². The quantitative estimate of drug-likeness (QED) is 0.420. The average Bonchev–Trinajstić information content (AvgIpc) is 2.79. The minimum Gasteiger partial charge on any atom is -0.497 e. The summed E-state index contributed by atoms with van der Waals surface area (Å²) >= 11 is 0. The molecule has 33 heavy (non-hydrogen) atoms. The van der Waals surface area contributed by atoms with E-state index < -0.39 is 10.0 Å². The Labute approximate surface area is 193 Å². The van der Waals surface area contributed by atoms with E-state index >= 15 is 0 Å². The van der Waals surface area contributed by atoms with Crippen LogP contribution < -0.4 is 20.5 Å². The fraction of sp³-hybridized carbons (Fsp3) is 0.208. The number of hydrogen-bond acceptors (Lipinski definition) is 5. The van der Waals surface area contributed by atoms with Crippen molar-refractivity contribution >= 4 is 21.7 Å². The van der Waals surface area contributed by atoms with Crippen LogP contribution in [0.3, 0.4) is 0 Å². The first kappa shape index (κ1) is 24.2. The SMILES string of the molecule is COc1ccc(COCc2cccc(NC(=O)NCCc3ccc(S(N)(=O)=O)cc3)c2)cc1. The Morgan fingerprint density at radius 1 is 0.909 bits per heavy atom.